The first-order valence-electron chi connectivity index (χ1n) is 7.80. The van der Waals surface area contributed by atoms with Crippen LogP contribution in [0, 0.1) is 5.92 Å². The van der Waals surface area contributed by atoms with Crippen molar-refractivity contribution >= 4 is 23.3 Å². The Hall–Kier alpha value is -1.92. The van der Waals surface area contributed by atoms with E-state index >= 15 is 0 Å². The van der Waals surface area contributed by atoms with Crippen LogP contribution in [-0.4, -0.2) is 42.0 Å². The smallest absolute Gasteiger partial charge is 0.263 e. The molecular formula is C17H21N3O2S. The van der Waals surface area contributed by atoms with Gasteiger partial charge in [-0.25, -0.2) is 0 Å². The molecule has 1 N–H and O–H groups in total. The minimum Gasteiger partial charge on any atom is -0.465 e. The molecule has 1 aliphatic heterocycles. The molecule has 6 heteroatoms. The maximum Gasteiger partial charge on any atom is 0.263 e. The Bertz CT molecular complexity index is 649. The quantitative estimate of drug-likeness (QED) is 0.884. The summed E-state index contributed by atoms with van der Waals surface area (Å²) in [6, 6.07) is 3.86. The summed E-state index contributed by atoms with van der Waals surface area (Å²) < 4.78 is 5.34. The maximum absolute atomic E-state index is 11.9. The van der Waals surface area contributed by atoms with Crippen LogP contribution in [0.15, 0.2) is 40.1 Å². The lowest BCUT2D eigenvalue weighted by molar-refractivity contribution is 0.0951. The van der Waals surface area contributed by atoms with Gasteiger partial charge in [-0.05, 0) is 44.0 Å². The summed E-state index contributed by atoms with van der Waals surface area (Å²) >= 11 is 1.37. The van der Waals surface area contributed by atoms with Crippen molar-refractivity contribution in [3.63, 3.8) is 0 Å². The first-order valence-corrected chi connectivity index (χ1v) is 8.68. The van der Waals surface area contributed by atoms with Gasteiger partial charge in [0.1, 0.15) is 10.6 Å². The molecule has 122 valence electrons. The van der Waals surface area contributed by atoms with E-state index in [-0.39, 0.29) is 5.91 Å². The highest BCUT2D eigenvalue weighted by Crippen LogP contribution is 2.18. The highest BCUT2D eigenvalue weighted by Gasteiger charge is 2.23. The van der Waals surface area contributed by atoms with Gasteiger partial charge in [-0.15, -0.1) is 11.3 Å². The summed E-state index contributed by atoms with van der Waals surface area (Å²) in [6.45, 7) is 5.90. The average Bonchev–Trinajstić information content (AvgIpc) is 3.27. The van der Waals surface area contributed by atoms with Gasteiger partial charge in [0.2, 0.25) is 0 Å². The molecule has 0 aromatic carbocycles. The largest absolute Gasteiger partial charge is 0.465 e. The van der Waals surface area contributed by atoms with Crippen LogP contribution in [0.3, 0.4) is 0 Å². The van der Waals surface area contributed by atoms with Gasteiger partial charge in [-0.1, -0.05) is 5.57 Å². The second-order valence-corrected chi connectivity index (χ2v) is 6.86. The highest BCUT2D eigenvalue weighted by molar-refractivity contribution is 7.11. The number of hydrogen-bond acceptors (Lipinski definition) is 5. The molecule has 0 spiro atoms. The highest BCUT2D eigenvalue weighted by atomic mass is 32.1. The van der Waals surface area contributed by atoms with Gasteiger partial charge in [-0.2, -0.15) is 0 Å². The van der Waals surface area contributed by atoms with Crippen molar-refractivity contribution < 1.29 is 9.21 Å². The number of amides is 1. The fourth-order valence-electron chi connectivity index (χ4n) is 2.89. The van der Waals surface area contributed by atoms with E-state index < -0.39 is 0 Å². The lowest BCUT2D eigenvalue weighted by Gasteiger charge is -2.16. The van der Waals surface area contributed by atoms with E-state index in [1.807, 2.05) is 12.1 Å². The summed E-state index contributed by atoms with van der Waals surface area (Å²) in [7, 11) is 0. The molecule has 1 fully saturated rings. The number of aromatic nitrogens is 1. The summed E-state index contributed by atoms with van der Waals surface area (Å²) in [5, 5.41) is 3.01. The van der Waals surface area contributed by atoms with Gasteiger partial charge in [0.25, 0.3) is 5.91 Å². The third-order valence-electron chi connectivity index (χ3n) is 3.98. The van der Waals surface area contributed by atoms with Crippen LogP contribution in [0.1, 0.15) is 28.8 Å². The second kappa shape index (κ2) is 7.57. The summed E-state index contributed by atoms with van der Waals surface area (Å²) in [6.07, 6.45) is 6.51. The van der Waals surface area contributed by atoms with Crippen molar-refractivity contribution in [2.75, 3.05) is 26.2 Å². The minimum atomic E-state index is -0.0140. The Kier molecular flexibility index (Phi) is 5.25. The van der Waals surface area contributed by atoms with Crippen molar-refractivity contribution in [1.29, 1.82) is 0 Å². The molecule has 3 heterocycles. The van der Waals surface area contributed by atoms with Crippen molar-refractivity contribution in [1.82, 2.24) is 15.2 Å². The number of nitrogens with zero attached hydrogens (tertiary/aromatic N) is 2. The molecule has 0 bridgehead atoms. The van der Waals surface area contributed by atoms with E-state index in [2.05, 4.69) is 28.2 Å². The molecule has 0 saturated carbocycles. The predicted molar refractivity (Wildman–Crippen MR) is 91.4 cm³/mol. The zero-order valence-corrected chi connectivity index (χ0v) is 14.0. The molecule has 2 aromatic heterocycles. The standard InChI is InChI=1S/C17H21N3O2S/c1-13(7-15-3-2-6-22-15)10-20-5-4-14(11-20)8-19-17(21)16-9-18-12-23-16/h2-3,6-7,9,12,14H,4-5,8,10-11H2,1H3,(H,19,21). The molecule has 3 rings (SSSR count). The van der Waals surface area contributed by atoms with Crippen LogP contribution in [0.25, 0.3) is 6.08 Å². The summed E-state index contributed by atoms with van der Waals surface area (Å²) in [5.74, 6) is 1.40. The average molecular weight is 331 g/mol. The third-order valence-corrected chi connectivity index (χ3v) is 4.75. The topological polar surface area (TPSA) is 58.4 Å². The number of nitrogens with one attached hydrogen (secondary N) is 1. The molecular weight excluding hydrogens is 310 g/mol. The number of hydrogen-bond donors (Lipinski definition) is 1. The number of likely N-dealkylation sites (tertiary alicyclic amines) is 1. The third kappa shape index (κ3) is 4.53. The first kappa shape index (κ1) is 16.0. The Morgan fingerprint density at radius 3 is 3.26 bits per heavy atom. The van der Waals surface area contributed by atoms with Gasteiger partial charge in [0, 0.05) is 19.6 Å². The molecule has 5 nitrogen and oxygen atoms in total. The Labute approximate surface area is 140 Å². The number of carbonyl (C=O) groups excluding carboxylic acids is 1. The van der Waals surface area contributed by atoms with E-state index in [9.17, 15) is 4.79 Å². The second-order valence-electron chi connectivity index (χ2n) is 5.97. The predicted octanol–water partition coefficient (Wildman–Crippen LogP) is 2.89. The fourth-order valence-corrected chi connectivity index (χ4v) is 3.43. The maximum atomic E-state index is 11.9. The van der Waals surface area contributed by atoms with Crippen LogP contribution in [0.2, 0.25) is 0 Å². The van der Waals surface area contributed by atoms with Gasteiger partial charge < -0.3 is 9.73 Å². The molecule has 1 atom stereocenters. The van der Waals surface area contributed by atoms with Crippen LogP contribution in [-0.2, 0) is 0 Å². The van der Waals surface area contributed by atoms with Crippen LogP contribution >= 0.6 is 11.3 Å². The van der Waals surface area contributed by atoms with E-state index in [0.717, 1.165) is 38.4 Å². The van der Waals surface area contributed by atoms with Gasteiger partial charge >= 0.3 is 0 Å². The zero-order valence-electron chi connectivity index (χ0n) is 13.2. The number of thiazole rings is 1. The molecule has 0 radical (unpaired) electrons. The van der Waals surface area contributed by atoms with Gasteiger partial charge in [-0.3, -0.25) is 14.7 Å². The fraction of sp³-hybridized carbons (Fsp3) is 0.412. The van der Waals surface area contributed by atoms with E-state index in [1.165, 1.54) is 16.9 Å². The normalized spacial score (nSPS) is 19.2. The Morgan fingerprint density at radius 1 is 1.61 bits per heavy atom. The molecule has 23 heavy (non-hydrogen) atoms. The minimum absolute atomic E-state index is 0.0140. The van der Waals surface area contributed by atoms with Crippen molar-refractivity contribution in [2.45, 2.75) is 13.3 Å². The van der Waals surface area contributed by atoms with Crippen molar-refractivity contribution in [3.05, 3.63) is 46.3 Å². The lowest BCUT2D eigenvalue weighted by Crippen LogP contribution is -2.31. The monoisotopic (exact) mass is 331 g/mol. The van der Waals surface area contributed by atoms with E-state index in [1.54, 1.807) is 18.0 Å². The molecule has 1 saturated heterocycles. The zero-order chi connectivity index (χ0) is 16.1. The van der Waals surface area contributed by atoms with Crippen LogP contribution < -0.4 is 5.32 Å². The lowest BCUT2D eigenvalue weighted by atomic mass is 10.1. The Morgan fingerprint density at radius 2 is 2.52 bits per heavy atom. The number of carbonyl (C=O) groups is 1. The van der Waals surface area contributed by atoms with Crippen LogP contribution in [0.5, 0.6) is 0 Å². The first-order chi connectivity index (χ1) is 11.2. The molecule has 2 aromatic rings. The molecule has 1 aliphatic rings. The van der Waals surface area contributed by atoms with Crippen LogP contribution in [0.4, 0.5) is 0 Å². The summed E-state index contributed by atoms with van der Waals surface area (Å²) in [4.78, 5) is 19.0. The van der Waals surface area contributed by atoms with Crippen molar-refractivity contribution in [3.8, 4) is 0 Å². The van der Waals surface area contributed by atoms with E-state index in [0.29, 0.717) is 10.8 Å². The van der Waals surface area contributed by atoms with Crippen molar-refractivity contribution in [2.24, 2.45) is 5.92 Å². The molecule has 1 amide bonds. The van der Waals surface area contributed by atoms with Gasteiger partial charge in [0.15, 0.2) is 0 Å². The Balaban J connectivity index is 1.42. The van der Waals surface area contributed by atoms with E-state index in [4.69, 9.17) is 4.42 Å². The molecule has 0 aliphatic carbocycles. The molecule has 1 unspecified atom stereocenters. The summed E-state index contributed by atoms with van der Waals surface area (Å²) in [5.41, 5.74) is 2.97. The van der Waals surface area contributed by atoms with Gasteiger partial charge in [0.05, 0.1) is 18.0 Å². The number of rotatable bonds is 6. The number of furan rings is 1. The SMILES string of the molecule is CC(=Cc1ccco1)CN1CCC(CNC(=O)c2cncs2)C1.